The molecule has 0 radical (unpaired) electrons. The number of carbonyl (C=O) groups is 1. The lowest BCUT2D eigenvalue weighted by molar-refractivity contribution is -0.139. The van der Waals surface area contributed by atoms with Crippen LogP contribution in [0.2, 0.25) is 0 Å². The highest BCUT2D eigenvalue weighted by atomic mass is 35.5. The number of nitrogens with one attached hydrogen (secondary N) is 1. The third-order valence-corrected chi connectivity index (χ3v) is 2.65. The molecule has 15 heavy (non-hydrogen) atoms. The molecule has 0 bridgehead atoms. The van der Waals surface area contributed by atoms with Crippen molar-refractivity contribution in [2.24, 2.45) is 0 Å². The minimum absolute atomic E-state index is 0. The number of halogens is 1. The fourth-order valence-corrected chi connectivity index (χ4v) is 1.89. The van der Waals surface area contributed by atoms with E-state index < -0.39 is 5.97 Å². The molecule has 82 valence electrons. The fourth-order valence-electron chi connectivity index (χ4n) is 1.89. The van der Waals surface area contributed by atoms with Crippen LogP contribution in [0.15, 0.2) is 30.3 Å². The van der Waals surface area contributed by atoms with Gasteiger partial charge in [-0.2, -0.15) is 0 Å². The largest absolute Gasteiger partial charge is 0.480 e. The second-order valence-corrected chi connectivity index (χ2v) is 3.60. The van der Waals surface area contributed by atoms with E-state index in [2.05, 4.69) is 5.32 Å². The highest BCUT2D eigenvalue weighted by Crippen LogP contribution is 2.26. The van der Waals surface area contributed by atoms with Crippen LogP contribution in [-0.2, 0) is 4.79 Å². The lowest BCUT2D eigenvalue weighted by Crippen LogP contribution is -2.31. The zero-order chi connectivity index (χ0) is 9.97. The number of rotatable bonds is 2. The lowest BCUT2D eigenvalue weighted by atomic mass is 10.1. The molecule has 0 spiro atoms. The van der Waals surface area contributed by atoms with Gasteiger partial charge in [0.1, 0.15) is 6.04 Å². The molecule has 1 aromatic rings. The highest BCUT2D eigenvalue weighted by molar-refractivity contribution is 5.85. The van der Waals surface area contributed by atoms with Crippen LogP contribution < -0.4 is 5.32 Å². The summed E-state index contributed by atoms with van der Waals surface area (Å²) < 4.78 is 0. The topological polar surface area (TPSA) is 49.3 Å². The van der Waals surface area contributed by atoms with E-state index in [1.54, 1.807) is 0 Å². The molecule has 1 aromatic carbocycles. The summed E-state index contributed by atoms with van der Waals surface area (Å²) in [5.41, 5.74) is 1.18. The fraction of sp³-hybridized carbons (Fsp3) is 0.364. The summed E-state index contributed by atoms with van der Waals surface area (Å²) in [6.45, 7) is 0. The Bertz CT molecular complexity index is 329. The molecule has 4 heteroatoms. The van der Waals surface area contributed by atoms with Crippen molar-refractivity contribution in [1.29, 1.82) is 0 Å². The first-order chi connectivity index (χ1) is 6.77. The maximum absolute atomic E-state index is 10.7. The monoisotopic (exact) mass is 227 g/mol. The zero-order valence-corrected chi connectivity index (χ0v) is 9.04. The molecule has 2 N–H and O–H groups in total. The first kappa shape index (κ1) is 12.0. The number of hydrogen-bond acceptors (Lipinski definition) is 2. The smallest absolute Gasteiger partial charge is 0.320 e. The van der Waals surface area contributed by atoms with Crippen LogP contribution in [0.4, 0.5) is 0 Å². The van der Waals surface area contributed by atoms with Crippen molar-refractivity contribution in [2.75, 3.05) is 0 Å². The Morgan fingerprint density at radius 2 is 1.93 bits per heavy atom. The Balaban J connectivity index is 0.00000112. The Morgan fingerprint density at radius 1 is 1.27 bits per heavy atom. The van der Waals surface area contributed by atoms with E-state index in [1.165, 1.54) is 5.56 Å². The standard InChI is InChI=1S/C11H13NO2.ClH/c13-11(14)10-7-6-9(12-10)8-4-2-1-3-5-8;/h1-5,9-10,12H,6-7H2,(H,13,14);1H/t9-,10-;/m0./s1. The molecule has 0 saturated carbocycles. The maximum Gasteiger partial charge on any atom is 0.320 e. The normalized spacial score (nSPS) is 24.5. The Kier molecular flexibility index (Phi) is 4.12. The van der Waals surface area contributed by atoms with Gasteiger partial charge in [0.05, 0.1) is 0 Å². The van der Waals surface area contributed by atoms with Gasteiger partial charge in [-0.25, -0.2) is 0 Å². The molecule has 1 aliphatic heterocycles. The summed E-state index contributed by atoms with van der Waals surface area (Å²) in [5, 5.41) is 11.9. The van der Waals surface area contributed by atoms with Gasteiger partial charge >= 0.3 is 5.97 Å². The van der Waals surface area contributed by atoms with Crippen molar-refractivity contribution >= 4 is 18.4 Å². The highest BCUT2D eigenvalue weighted by Gasteiger charge is 2.29. The molecule has 1 heterocycles. The Morgan fingerprint density at radius 3 is 2.47 bits per heavy atom. The Labute approximate surface area is 94.9 Å². The van der Waals surface area contributed by atoms with Gasteiger partial charge in [-0.1, -0.05) is 30.3 Å². The molecule has 1 fully saturated rings. The molecule has 0 aromatic heterocycles. The lowest BCUT2D eigenvalue weighted by Gasteiger charge is -2.11. The van der Waals surface area contributed by atoms with Crippen molar-refractivity contribution in [3.63, 3.8) is 0 Å². The molecule has 0 aliphatic carbocycles. The van der Waals surface area contributed by atoms with Gasteiger partial charge in [0.2, 0.25) is 0 Å². The van der Waals surface area contributed by atoms with E-state index in [0.29, 0.717) is 0 Å². The van der Waals surface area contributed by atoms with Gasteiger partial charge in [0.15, 0.2) is 0 Å². The summed E-state index contributed by atoms with van der Waals surface area (Å²) in [7, 11) is 0. The van der Waals surface area contributed by atoms with Gasteiger partial charge in [-0.15, -0.1) is 12.4 Å². The van der Waals surface area contributed by atoms with Gasteiger partial charge < -0.3 is 5.11 Å². The van der Waals surface area contributed by atoms with E-state index in [-0.39, 0.29) is 24.5 Å². The van der Waals surface area contributed by atoms with Crippen molar-refractivity contribution < 1.29 is 9.90 Å². The number of hydrogen-bond donors (Lipinski definition) is 2. The summed E-state index contributed by atoms with van der Waals surface area (Å²) in [5.74, 6) is -0.747. The SMILES string of the molecule is Cl.O=C(O)[C@@H]1CC[C@@H](c2ccccc2)N1. The molecule has 2 atom stereocenters. The van der Waals surface area contributed by atoms with Crippen LogP contribution >= 0.6 is 12.4 Å². The average Bonchev–Trinajstić information content (AvgIpc) is 2.68. The quantitative estimate of drug-likeness (QED) is 0.813. The van der Waals surface area contributed by atoms with Crippen molar-refractivity contribution in [3.8, 4) is 0 Å². The van der Waals surface area contributed by atoms with Crippen LogP contribution in [0, 0.1) is 0 Å². The predicted octanol–water partition coefficient (Wildman–Crippen LogP) is 1.99. The van der Waals surface area contributed by atoms with Crippen LogP contribution in [0.25, 0.3) is 0 Å². The minimum Gasteiger partial charge on any atom is -0.480 e. The van der Waals surface area contributed by atoms with Crippen LogP contribution in [0.1, 0.15) is 24.4 Å². The van der Waals surface area contributed by atoms with Crippen molar-refractivity contribution in [1.82, 2.24) is 5.32 Å². The molecular formula is C11H14ClNO2. The number of aliphatic carboxylic acids is 1. The second-order valence-electron chi connectivity index (χ2n) is 3.60. The van der Waals surface area contributed by atoms with Gasteiger partial charge in [0.25, 0.3) is 0 Å². The molecule has 1 saturated heterocycles. The molecule has 0 amide bonds. The van der Waals surface area contributed by atoms with Crippen LogP contribution in [0.5, 0.6) is 0 Å². The molecule has 1 aliphatic rings. The predicted molar refractivity (Wildman–Crippen MR) is 60.2 cm³/mol. The van der Waals surface area contributed by atoms with Gasteiger partial charge in [-0.05, 0) is 18.4 Å². The van der Waals surface area contributed by atoms with Gasteiger partial charge in [0, 0.05) is 6.04 Å². The van der Waals surface area contributed by atoms with E-state index in [0.717, 1.165) is 12.8 Å². The van der Waals surface area contributed by atoms with Crippen molar-refractivity contribution in [3.05, 3.63) is 35.9 Å². The number of benzene rings is 1. The third kappa shape index (κ3) is 2.70. The van der Waals surface area contributed by atoms with E-state index in [4.69, 9.17) is 5.11 Å². The van der Waals surface area contributed by atoms with Gasteiger partial charge in [-0.3, -0.25) is 10.1 Å². The van der Waals surface area contributed by atoms with E-state index in [9.17, 15) is 4.79 Å². The molecular weight excluding hydrogens is 214 g/mol. The second kappa shape index (κ2) is 5.14. The summed E-state index contributed by atoms with van der Waals surface area (Å²) in [6, 6.07) is 9.81. The first-order valence-corrected chi connectivity index (χ1v) is 4.81. The summed E-state index contributed by atoms with van der Waals surface area (Å²) >= 11 is 0. The first-order valence-electron chi connectivity index (χ1n) is 4.81. The summed E-state index contributed by atoms with van der Waals surface area (Å²) in [4.78, 5) is 10.7. The number of carboxylic acids is 1. The van der Waals surface area contributed by atoms with E-state index >= 15 is 0 Å². The minimum atomic E-state index is -0.747. The molecule has 3 nitrogen and oxygen atoms in total. The zero-order valence-electron chi connectivity index (χ0n) is 8.22. The van der Waals surface area contributed by atoms with Crippen LogP contribution in [0.3, 0.4) is 0 Å². The average molecular weight is 228 g/mol. The summed E-state index contributed by atoms with van der Waals surface area (Å²) in [6.07, 6.45) is 1.62. The van der Waals surface area contributed by atoms with Crippen molar-refractivity contribution in [2.45, 2.75) is 24.9 Å². The Hall–Kier alpha value is -1.06. The number of carboxylic acid groups (broad SMARTS) is 1. The molecule has 0 unspecified atom stereocenters. The maximum atomic E-state index is 10.7. The third-order valence-electron chi connectivity index (χ3n) is 2.65. The molecule has 2 rings (SSSR count). The van der Waals surface area contributed by atoms with Crippen LogP contribution in [-0.4, -0.2) is 17.1 Å². The van der Waals surface area contributed by atoms with E-state index in [1.807, 2.05) is 30.3 Å².